The molecule has 0 unspecified atom stereocenters. The maximum absolute atomic E-state index is 12.4. The van der Waals surface area contributed by atoms with Gasteiger partial charge in [-0.1, -0.05) is 54.9 Å². The summed E-state index contributed by atoms with van der Waals surface area (Å²) >= 11 is 5.88. The lowest BCUT2D eigenvalue weighted by atomic mass is 9.97. The molecule has 2 atom stereocenters. The fourth-order valence-corrected chi connectivity index (χ4v) is 2.53. The van der Waals surface area contributed by atoms with E-state index in [0.717, 1.165) is 5.56 Å². The Balaban J connectivity index is 1.98. The Morgan fingerprint density at radius 1 is 1.12 bits per heavy atom. The van der Waals surface area contributed by atoms with E-state index < -0.39 is 18.0 Å². The van der Waals surface area contributed by atoms with Gasteiger partial charge in [-0.3, -0.25) is 9.59 Å². The number of esters is 1. The van der Waals surface area contributed by atoms with Crippen LogP contribution >= 0.6 is 11.6 Å². The molecule has 126 valence electrons. The van der Waals surface area contributed by atoms with Crippen LogP contribution in [0.3, 0.4) is 0 Å². The van der Waals surface area contributed by atoms with Crippen molar-refractivity contribution >= 4 is 29.2 Å². The zero-order valence-electron chi connectivity index (χ0n) is 13.7. The number of carbonyl (C=O) groups excluding carboxylic acids is 2. The number of hydrogen-bond acceptors (Lipinski definition) is 3. The summed E-state index contributed by atoms with van der Waals surface area (Å²) < 4.78 is 5.34. The monoisotopic (exact) mass is 345 g/mol. The van der Waals surface area contributed by atoms with Crippen LogP contribution in [0, 0.1) is 0 Å². The number of hydrogen-bond donors (Lipinski definition) is 1. The molecule has 2 aromatic carbocycles. The lowest BCUT2D eigenvalue weighted by Gasteiger charge is -2.18. The number of benzene rings is 2. The van der Waals surface area contributed by atoms with E-state index in [9.17, 15) is 9.59 Å². The molecular weight excluding hydrogens is 326 g/mol. The van der Waals surface area contributed by atoms with Gasteiger partial charge in [-0.05, 0) is 37.1 Å². The highest BCUT2D eigenvalue weighted by molar-refractivity contribution is 6.30. The molecule has 0 heterocycles. The Morgan fingerprint density at radius 2 is 1.83 bits per heavy atom. The summed E-state index contributed by atoms with van der Waals surface area (Å²) in [5.41, 5.74) is 1.44. The van der Waals surface area contributed by atoms with Crippen molar-refractivity contribution in [3.8, 4) is 0 Å². The van der Waals surface area contributed by atoms with Crippen LogP contribution in [0.4, 0.5) is 5.69 Å². The molecule has 0 saturated heterocycles. The summed E-state index contributed by atoms with van der Waals surface area (Å²) in [4.78, 5) is 24.5. The summed E-state index contributed by atoms with van der Waals surface area (Å²) in [5, 5.41) is 3.20. The fraction of sp³-hybridized carbons (Fsp3) is 0.263. The van der Waals surface area contributed by atoms with Crippen molar-refractivity contribution in [2.45, 2.75) is 32.3 Å². The Hall–Kier alpha value is -2.33. The van der Waals surface area contributed by atoms with Crippen molar-refractivity contribution in [2.75, 3.05) is 5.32 Å². The molecule has 2 rings (SSSR count). The maximum Gasteiger partial charge on any atom is 0.314 e. The van der Waals surface area contributed by atoms with E-state index in [-0.39, 0.29) is 5.92 Å². The van der Waals surface area contributed by atoms with E-state index in [2.05, 4.69) is 5.32 Å². The second-order valence-corrected chi connectivity index (χ2v) is 5.89. The number of ether oxygens (including phenoxy) is 1. The van der Waals surface area contributed by atoms with Gasteiger partial charge in [0.25, 0.3) is 5.91 Å². The third kappa shape index (κ3) is 4.83. The van der Waals surface area contributed by atoms with Gasteiger partial charge in [-0.2, -0.15) is 0 Å². The quantitative estimate of drug-likeness (QED) is 0.789. The zero-order chi connectivity index (χ0) is 17.5. The Morgan fingerprint density at radius 3 is 2.46 bits per heavy atom. The average molecular weight is 346 g/mol. The minimum Gasteiger partial charge on any atom is -0.452 e. The third-order valence-electron chi connectivity index (χ3n) is 3.65. The predicted octanol–water partition coefficient (Wildman–Crippen LogP) is 4.40. The molecule has 1 amide bonds. The number of halogens is 1. The van der Waals surface area contributed by atoms with Gasteiger partial charge in [-0.15, -0.1) is 0 Å². The minimum absolute atomic E-state index is 0.382. The first-order chi connectivity index (χ1) is 11.5. The Kier molecular flexibility index (Phi) is 6.38. The van der Waals surface area contributed by atoms with Gasteiger partial charge in [-0.25, -0.2) is 0 Å². The Bertz CT molecular complexity index is 703. The molecule has 5 heteroatoms. The first kappa shape index (κ1) is 18.0. The fourth-order valence-electron chi connectivity index (χ4n) is 2.34. The van der Waals surface area contributed by atoms with Crippen LogP contribution in [0.1, 0.15) is 31.7 Å². The van der Waals surface area contributed by atoms with Gasteiger partial charge in [0.05, 0.1) is 5.92 Å². The molecule has 24 heavy (non-hydrogen) atoms. The Labute approximate surface area is 146 Å². The van der Waals surface area contributed by atoms with E-state index in [1.165, 1.54) is 0 Å². The third-order valence-corrected chi connectivity index (χ3v) is 3.88. The molecule has 1 N–H and O–H groups in total. The maximum atomic E-state index is 12.4. The molecule has 0 fully saturated rings. The van der Waals surface area contributed by atoms with Gasteiger partial charge >= 0.3 is 5.97 Å². The van der Waals surface area contributed by atoms with Gasteiger partial charge in [0.2, 0.25) is 0 Å². The smallest absolute Gasteiger partial charge is 0.314 e. The van der Waals surface area contributed by atoms with E-state index in [0.29, 0.717) is 17.1 Å². The predicted molar refractivity (Wildman–Crippen MR) is 95.1 cm³/mol. The van der Waals surface area contributed by atoms with Gasteiger partial charge in [0.15, 0.2) is 6.10 Å². The lowest BCUT2D eigenvalue weighted by Crippen LogP contribution is -2.31. The summed E-state index contributed by atoms with van der Waals surface area (Å²) in [5.74, 6) is -1.18. The van der Waals surface area contributed by atoms with Gasteiger partial charge in [0, 0.05) is 10.7 Å². The van der Waals surface area contributed by atoms with Crippen LogP contribution < -0.4 is 5.32 Å². The van der Waals surface area contributed by atoms with E-state index in [4.69, 9.17) is 16.3 Å². The van der Waals surface area contributed by atoms with Gasteiger partial charge < -0.3 is 10.1 Å². The highest BCUT2D eigenvalue weighted by Gasteiger charge is 2.25. The van der Waals surface area contributed by atoms with E-state index in [1.807, 2.05) is 37.3 Å². The standard InChI is InChI=1S/C19H20ClNO3/c1-3-17(14-8-5-4-6-9-14)19(23)24-13(2)18(22)21-16-11-7-10-15(20)12-16/h4-13,17H,3H2,1-2H3,(H,21,22)/t13-,17-/m0/s1. The van der Waals surface area contributed by atoms with Crippen molar-refractivity contribution in [1.29, 1.82) is 0 Å². The number of amides is 1. The number of carbonyl (C=O) groups is 2. The van der Waals surface area contributed by atoms with Crippen LogP contribution in [0.25, 0.3) is 0 Å². The molecule has 0 radical (unpaired) electrons. The summed E-state index contributed by atoms with van der Waals surface area (Å²) in [6.07, 6.45) is -0.292. The normalized spacial score (nSPS) is 13.0. The number of rotatable bonds is 6. The topological polar surface area (TPSA) is 55.4 Å². The van der Waals surface area contributed by atoms with Crippen LogP contribution in [0.5, 0.6) is 0 Å². The summed E-state index contributed by atoms with van der Waals surface area (Å²) in [6, 6.07) is 16.2. The van der Waals surface area contributed by atoms with Crippen molar-refractivity contribution in [3.63, 3.8) is 0 Å². The highest BCUT2D eigenvalue weighted by atomic mass is 35.5. The van der Waals surface area contributed by atoms with Crippen LogP contribution in [-0.2, 0) is 14.3 Å². The number of nitrogens with one attached hydrogen (secondary N) is 1. The van der Waals surface area contributed by atoms with E-state index in [1.54, 1.807) is 31.2 Å². The second-order valence-electron chi connectivity index (χ2n) is 5.45. The summed E-state index contributed by atoms with van der Waals surface area (Å²) in [7, 11) is 0. The summed E-state index contributed by atoms with van der Waals surface area (Å²) in [6.45, 7) is 3.46. The molecule has 0 aliphatic heterocycles. The molecule has 4 nitrogen and oxygen atoms in total. The molecular formula is C19H20ClNO3. The molecule has 0 aliphatic carbocycles. The molecule has 0 spiro atoms. The van der Waals surface area contributed by atoms with Crippen LogP contribution in [-0.4, -0.2) is 18.0 Å². The lowest BCUT2D eigenvalue weighted by molar-refractivity contribution is -0.154. The molecule has 0 bridgehead atoms. The minimum atomic E-state index is -0.894. The molecule has 0 saturated carbocycles. The first-order valence-corrected chi connectivity index (χ1v) is 8.21. The number of anilines is 1. The SMILES string of the molecule is CC[C@H](C(=O)O[C@@H](C)C(=O)Nc1cccc(Cl)c1)c1ccccc1. The highest BCUT2D eigenvalue weighted by Crippen LogP contribution is 2.22. The molecule has 2 aromatic rings. The van der Waals surface area contributed by atoms with Crippen molar-refractivity contribution < 1.29 is 14.3 Å². The second kappa shape index (κ2) is 8.50. The molecule has 0 aromatic heterocycles. The van der Waals surface area contributed by atoms with Crippen molar-refractivity contribution in [3.05, 3.63) is 65.2 Å². The van der Waals surface area contributed by atoms with Crippen LogP contribution in [0.2, 0.25) is 5.02 Å². The van der Waals surface area contributed by atoms with Gasteiger partial charge in [0.1, 0.15) is 0 Å². The van der Waals surface area contributed by atoms with Crippen molar-refractivity contribution in [1.82, 2.24) is 0 Å². The largest absolute Gasteiger partial charge is 0.452 e. The first-order valence-electron chi connectivity index (χ1n) is 7.83. The molecule has 0 aliphatic rings. The van der Waals surface area contributed by atoms with E-state index >= 15 is 0 Å². The van der Waals surface area contributed by atoms with Crippen LogP contribution in [0.15, 0.2) is 54.6 Å². The average Bonchev–Trinajstić information content (AvgIpc) is 2.56. The van der Waals surface area contributed by atoms with Crippen molar-refractivity contribution in [2.24, 2.45) is 0 Å². The zero-order valence-corrected chi connectivity index (χ0v) is 14.4.